The normalized spacial score (nSPS) is 11.3. The van der Waals surface area contributed by atoms with E-state index in [2.05, 4.69) is 31.3 Å². The number of nitrogens with one attached hydrogen (secondary N) is 1. The summed E-state index contributed by atoms with van der Waals surface area (Å²) in [7, 11) is 0. The molecule has 0 saturated heterocycles. The van der Waals surface area contributed by atoms with Crippen LogP contribution < -0.4 is 5.32 Å². The summed E-state index contributed by atoms with van der Waals surface area (Å²) in [6.07, 6.45) is 2.25. The topological polar surface area (TPSA) is 29.1 Å². The first kappa shape index (κ1) is 18.9. The molecule has 128 valence electrons. The van der Waals surface area contributed by atoms with E-state index in [1.54, 1.807) is 11.8 Å². The molecule has 1 amide bonds. The molecule has 0 fully saturated rings. The van der Waals surface area contributed by atoms with E-state index in [0.717, 1.165) is 23.6 Å². The van der Waals surface area contributed by atoms with E-state index in [9.17, 15) is 4.79 Å². The van der Waals surface area contributed by atoms with Crippen LogP contribution in [0.5, 0.6) is 0 Å². The smallest absolute Gasteiger partial charge is 0.220 e. The van der Waals surface area contributed by atoms with E-state index >= 15 is 0 Å². The molecule has 0 spiro atoms. The average molecular weight is 362 g/mol. The van der Waals surface area contributed by atoms with Crippen molar-refractivity contribution in [3.63, 3.8) is 0 Å². The van der Waals surface area contributed by atoms with Crippen LogP contribution in [0, 0.1) is 0 Å². The summed E-state index contributed by atoms with van der Waals surface area (Å²) in [6.45, 7) is 4.14. The lowest BCUT2D eigenvalue weighted by Crippen LogP contribution is -2.45. The van der Waals surface area contributed by atoms with Gasteiger partial charge in [-0.05, 0) is 62.3 Å². The van der Waals surface area contributed by atoms with Gasteiger partial charge in [-0.3, -0.25) is 4.79 Å². The lowest BCUT2D eigenvalue weighted by molar-refractivity contribution is -0.122. The van der Waals surface area contributed by atoms with Crippen LogP contribution >= 0.6 is 23.4 Å². The Morgan fingerprint density at radius 1 is 1.08 bits per heavy atom. The Morgan fingerprint density at radius 3 is 2.42 bits per heavy atom. The maximum absolute atomic E-state index is 12.2. The van der Waals surface area contributed by atoms with Crippen LogP contribution in [0.1, 0.15) is 32.3 Å². The summed E-state index contributed by atoms with van der Waals surface area (Å²) in [5, 5.41) is 3.89. The van der Waals surface area contributed by atoms with Crippen molar-refractivity contribution in [2.75, 3.05) is 5.75 Å². The molecule has 0 bridgehead atoms. The van der Waals surface area contributed by atoms with Crippen molar-refractivity contribution < 1.29 is 4.79 Å². The summed E-state index contributed by atoms with van der Waals surface area (Å²) < 4.78 is 0. The number of rotatable bonds is 8. The van der Waals surface area contributed by atoms with Crippen molar-refractivity contribution in [3.05, 3.63) is 65.2 Å². The average Bonchev–Trinajstić information content (AvgIpc) is 2.53. The largest absolute Gasteiger partial charge is 0.351 e. The van der Waals surface area contributed by atoms with Crippen molar-refractivity contribution in [1.82, 2.24) is 5.32 Å². The molecule has 2 rings (SSSR count). The molecule has 2 nitrogen and oxygen atoms in total. The molecule has 0 aliphatic rings. The Kier molecular flexibility index (Phi) is 7.19. The number of carbonyl (C=O) groups is 1. The minimum Gasteiger partial charge on any atom is -0.351 e. The summed E-state index contributed by atoms with van der Waals surface area (Å²) in [6, 6.07) is 18.1. The molecular formula is C20H24ClNOS. The van der Waals surface area contributed by atoms with Gasteiger partial charge in [0, 0.05) is 21.9 Å². The lowest BCUT2D eigenvalue weighted by atomic mass is 9.94. The first-order valence-electron chi connectivity index (χ1n) is 8.18. The molecule has 0 unspecified atom stereocenters. The van der Waals surface area contributed by atoms with E-state index in [-0.39, 0.29) is 11.4 Å². The zero-order valence-corrected chi connectivity index (χ0v) is 15.8. The Hall–Kier alpha value is -1.45. The highest BCUT2D eigenvalue weighted by atomic mass is 35.5. The van der Waals surface area contributed by atoms with E-state index in [1.807, 2.05) is 42.5 Å². The summed E-state index contributed by atoms with van der Waals surface area (Å²) in [5.74, 6) is 1.04. The minimum atomic E-state index is -0.234. The molecule has 0 heterocycles. The zero-order chi connectivity index (χ0) is 17.4. The monoisotopic (exact) mass is 361 g/mol. The maximum atomic E-state index is 12.2. The minimum absolute atomic E-state index is 0.118. The summed E-state index contributed by atoms with van der Waals surface area (Å²) >= 11 is 7.62. The highest BCUT2D eigenvalue weighted by Crippen LogP contribution is 2.21. The van der Waals surface area contributed by atoms with E-state index < -0.39 is 0 Å². The van der Waals surface area contributed by atoms with Gasteiger partial charge in [0.1, 0.15) is 0 Å². The number of hydrogen-bond donors (Lipinski definition) is 1. The standard InChI is InChI=1S/C20H24ClNOS/c1-20(2,15-16-7-4-3-5-8-16)22-19(23)9-6-14-24-18-12-10-17(21)11-13-18/h3-5,7-8,10-13H,6,9,14-15H2,1-2H3,(H,22,23). The van der Waals surface area contributed by atoms with Crippen LogP contribution in [0.2, 0.25) is 5.02 Å². The van der Waals surface area contributed by atoms with Gasteiger partial charge >= 0.3 is 0 Å². The Labute approximate surface area is 154 Å². The van der Waals surface area contributed by atoms with Gasteiger partial charge in [-0.2, -0.15) is 0 Å². The van der Waals surface area contributed by atoms with Gasteiger partial charge in [0.05, 0.1) is 0 Å². The van der Waals surface area contributed by atoms with E-state index in [1.165, 1.54) is 10.5 Å². The first-order chi connectivity index (χ1) is 11.4. The van der Waals surface area contributed by atoms with Crippen molar-refractivity contribution in [3.8, 4) is 0 Å². The van der Waals surface area contributed by atoms with Crippen molar-refractivity contribution in [2.45, 2.75) is 43.5 Å². The molecule has 4 heteroatoms. The summed E-state index contributed by atoms with van der Waals surface area (Å²) in [4.78, 5) is 13.4. The van der Waals surface area contributed by atoms with Gasteiger partial charge < -0.3 is 5.32 Å². The molecular weight excluding hydrogens is 338 g/mol. The van der Waals surface area contributed by atoms with Gasteiger partial charge in [-0.1, -0.05) is 41.9 Å². The third-order valence-corrected chi connectivity index (χ3v) is 4.95. The van der Waals surface area contributed by atoms with E-state index in [4.69, 9.17) is 11.6 Å². The molecule has 2 aromatic carbocycles. The molecule has 24 heavy (non-hydrogen) atoms. The quantitative estimate of drug-likeness (QED) is 0.507. The molecule has 0 aliphatic heterocycles. The first-order valence-corrected chi connectivity index (χ1v) is 9.54. The highest BCUT2D eigenvalue weighted by Gasteiger charge is 2.20. The van der Waals surface area contributed by atoms with E-state index in [0.29, 0.717) is 6.42 Å². The second kappa shape index (κ2) is 9.14. The lowest BCUT2D eigenvalue weighted by Gasteiger charge is -2.26. The molecule has 2 aromatic rings. The van der Waals surface area contributed by atoms with Crippen LogP contribution in [0.4, 0.5) is 0 Å². The zero-order valence-electron chi connectivity index (χ0n) is 14.2. The number of halogens is 1. The number of benzene rings is 2. The maximum Gasteiger partial charge on any atom is 0.220 e. The third kappa shape index (κ3) is 6.98. The molecule has 0 atom stereocenters. The summed E-state index contributed by atoms with van der Waals surface area (Å²) in [5.41, 5.74) is 1.00. The fourth-order valence-corrected chi connectivity index (χ4v) is 3.52. The highest BCUT2D eigenvalue weighted by molar-refractivity contribution is 7.99. The van der Waals surface area contributed by atoms with Crippen molar-refractivity contribution in [2.24, 2.45) is 0 Å². The predicted molar refractivity (Wildman–Crippen MR) is 104 cm³/mol. The number of amides is 1. The number of carbonyl (C=O) groups excluding carboxylic acids is 1. The fourth-order valence-electron chi connectivity index (χ4n) is 2.54. The van der Waals surface area contributed by atoms with Gasteiger partial charge in [0.25, 0.3) is 0 Å². The predicted octanol–water partition coefficient (Wildman–Crippen LogP) is 5.35. The number of hydrogen-bond acceptors (Lipinski definition) is 2. The van der Waals surface area contributed by atoms with Gasteiger partial charge in [0.2, 0.25) is 5.91 Å². The number of thioether (sulfide) groups is 1. The van der Waals surface area contributed by atoms with Crippen LogP contribution in [0.25, 0.3) is 0 Å². The Bertz CT molecular complexity index is 640. The Morgan fingerprint density at radius 2 is 1.75 bits per heavy atom. The second-order valence-corrected chi connectivity index (χ2v) is 8.11. The Balaban J connectivity index is 1.69. The van der Waals surface area contributed by atoms with Crippen molar-refractivity contribution >= 4 is 29.3 Å². The second-order valence-electron chi connectivity index (χ2n) is 6.50. The molecule has 0 aliphatic carbocycles. The molecule has 0 saturated carbocycles. The van der Waals surface area contributed by atoms with Crippen LogP contribution in [0.15, 0.2) is 59.5 Å². The molecule has 0 radical (unpaired) electrons. The van der Waals surface area contributed by atoms with Gasteiger partial charge in [0.15, 0.2) is 0 Å². The molecule has 1 N–H and O–H groups in total. The van der Waals surface area contributed by atoms with Gasteiger partial charge in [-0.25, -0.2) is 0 Å². The SMILES string of the molecule is CC(C)(Cc1ccccc1)NC(=O)CCCSc1ccc(Cl)cc1. The van der Waals surface area contributed by atoms with Crippen LogP contribution in [0.3, 0.4) is 0 Å². The fraction of sp³-hybridized carbons (Fsp3) is 0.350. The van der Waals surface area contributed by atoms with Crippen LogP contribution in [-0.2, 0) is 11.2 Å². The van der Waals surface area contributed by atoms with Crippen LogP contribution in [-0.4, -0.2) is 17.2 Å². The molecule has 0 aromatic heterocycles. The van der Waals surface area contributed by atoms with Gasteiger partial charge in [-0.15, -0.1) is 11.8 Å². The third-order valence-electron chi connectivity index (χ3n) is 3.60. The van der Waals surface area contributed by atoms with Crippen molar-refractivity contribution in [1.29, 1.82) is 0 Å².